The van der Waals surface area contributed by atoms with E-state index in [-0.39, 0.29) is 11.4 Å². The molecule has 2 N–H and O–H groups in total. The monoisotopic (exact) mass is 272 g/mol. The van der Waals surface area contributed by atoms with Gasteiger partial charge >= 0.3 is 0 Å². The topological polar surface area (TPSA) is 75.4 Å². The van der Waals surface area contributed by atoms with Crippen LogP contribution in [0.2, 0.25) is 0 Å². The summed E-state index contributed by atoms with van der Waals surface area (Å²) >= 11 is 0. The van der Waals surface area contributed by atoms with Gasteiger partial charge < -0.3 is 4.42 Å². The number of carbonyl (C=O) groups is 1. The second-order valence-corrected chi connectivity index (χ2v) is 4.15. The predicted molar refractivity (Wildman–Crippen MR) is 68.7 cm³/mol. The summed E-state index contributed by atoms with van der Waals surface area (Å²) in [5, 5.41) is 8.59. The van der Waals surface area contributed by atoms with Gasteiger partial charge in [-0.1, -0.05) is 0 Å². The molecule has 3 rings (SSSR count). The van der Waals surface area contributed by atoms with Crippen molar-refractivity contribution in [2.45, 2.75) is 0 Å². The number of benzene rings is 2. The van der Waals surface area contributed by atoms with E-state index >= 15 is 0 Å². The molecule has 1 aromatic heterocycles. The lowest BCUT2D eigenvalue weighted by Gasteiger charge is -1.96. The van der Waals surface area contributed by atoms with E-state index in [1.807, 2.05) is 0 Å². The van der Waals surface area contributed by atoms with Gasteiger partial charge in [-0.05, 0) is 42.5 Å². The van der Waals surface area contributed by atoms with E-state index in [4.69, 9.17) is 9.62 Å². The molecule has 0 aliphatic rings. The van der Waals surface area contributed by atoms with Gasteiger partial charge in [-0.25, -0.2) is 14.9 Å². The van der Waals surface area contributed by atoms with Crippen LogP contribution in [0.1, 0.15) is 10.4 Å². The maximum absolute atomic E-state index is 12.9. The smallest absolute Gasteiger partial charge is 0.274 e. The second kappa shape index (κ2) is 4.75. The number of halogens is 1. The van der Waals surface area contributed by atoms with E-state index in [1.54, 1.807) is 23.7 Å². The number of carbonyl (C=O) groups excluding carboxylic acids is 1. The Morgan fingerprint density at radius 1 is 1.20 bits per heavy atom. The average Bonchev–Trinajstić information content (AvgIpc) is 2.90. The van der Waals surface area contributed by atoms with Crippen molar-refractivity contribution in [3.05, 3.63) is 53.8 Å². The number of hydroxylamine groups is 1. The maximum Gasteiger partial charge on any atom is 0.274 e. The molecule has 3 aromatic rings. The van der Waals surface area contributed by atoms with Crippen LogP contribution in [0.5, 0.6) is 0 Å². The summed E-state index contributed by atoms with van der Waals surface area (Å²) in [6.45, 7) is 0. The molecule has 0 saturated carbocycles. The van der Waals surface area contributed by atoms with Crippen molar-refractivity contribution in [1.29, 1.82) is 0 Å². The second-order valence-electron chi connectivity index (χ2n) is 4.15. The Morgan fingerprint density at radius 3 is 2.65 bits per heavy atom. The number of aromatic nitrogens is 1. The third-order valence-corrected chi connectivity index (χ3v) is 2.84. The molecule has 100 valence electrons. The van der Waals surface area contributed by atoms with Gasteiger partial charge in [0.25, 0.3) is 5.91 Å². The van der Waals surface area contributed by atoms with Crippen LogP contribution >= 0.6 is 0 Å². The first-order valence-corrected chi connectivity index (χ1v) is 5.78. The Morgan fingerprint density at radius 2 is 1.95 bits per heavy atom. The molecule has 0 aliphatic heterocycles. The Labute approximate surface area is 112 Å². The fourth-order valence-electron chi connectivity index (χ4n) is 1.85. The molecule has 6 heteroatoms. The summed E-state index contributed by atoms with van der Waals surface area (Å²) in [6, 6.07) is 10.3. The molecule has 0 radical (unpaired) electrons. The number of hydrogen-bond donors (Lipinski definition) is 2. The summed E-state index contributed by atoms with van der Waals surface area (Å²) in [5.41, 5.74) is 3.43. The van der Waals surface area contributed by atoms with Gasteiger partial charge in [0.2, 0.25) is 5.89 Å². The summed E-state index contributed by atoms with van der Waals surface area (Å²) in [6.07, 6.45) is 0. The number of oxazole rings is 1. The Balaban J connectivity index is 2.06. The van der Waals surface area contributed by atoms with Crippen LogP contribution < -0.4 is 5.48 Å². The first-order valence-electron chi connectivity index (χ1n) is 5.78. The molecule has 1 heterocycles. The van der Waals surface area contributed by atoms with Crippen LogP contribution in [0.3, 0.4) is 0 Å². The van der Waals surface area contributed by atoms with E-state index < -0.39 is 5.91 Å². The maximum atomic E-state index is 12.9. The molecular formula is C14H9FN2O3. The fraction of sp³-hybridized carbons (Fsp3) is 0. The molecule has 0 bridgehead atoms. The van der Waals surface area contributed by atoms with Crippen molar-refractivity contribution in [2.75, 3.05) is 0 Å². The molecule has 0 aliphatic carbocycles. The molecule has 0 fully saturated rings. The molecule has 2 aromatic carbocycles. The van der Waals surface area contributed by atoms with Gasteiger partial charge in [0, 0.05) is 11.1 Å². The van der Waals surface area contributed by atoms with E-state index in [9.17, 15) is 9.18 Å². The Bertz CT molecular complexity index is 781. The van der Waals surface area contributed by atoms with Crippen molar-refractivity contribution in [3.63, 3.8) is 0 Å². The normalized spacial score (nSPS) is 10.7. The van der Waals surface area contributed by atoms with Gasteiger partial charge in [-0.3, -0.25) is 10.0 Å². The highest BCUT2D eigenvalue weighted by atomic mass is 19.1. The van der Waals surface area contributed by atoms with E-state index in [0.29, 0.717) is 22.6 Å². The minimum Gasteiger partial charge on any atom is -0.436 e. The minimum absolute atomic E-state index is 0.263. The molecule has 0 atom stereocenters. The number of amides is 1. The van der Waals surface area contributed by atoms with E-state index in [1.165, 1.54) is 24.3 Å². The summed E-state index contributed by atoms with van der Waals surface area (Å²) < 4.78 is 18.4. The molecule has 1 amide bonds. The van der Waals surface area contributed by atoms with Crippen molar-refractivity contribution in [3.8, 4) is 11.5 Å². The van der Waals surface area contributed by atoms with E-state index in [2.05, 4.69) is 4.98 Å². The van der Waals surface area contributed by atoms with Gasteiger partial charge in [0.05, 0.1) is 0 Å². The number of fused-ring (bicyclic) bond motifs is 1. The highest BCUT2D eigenvalue weighted by Gasteiger charge is 2.11. The van der Waals surface area contributed by atoms with E-state index in [0.717, 1.165) is 0 Å². The van der Waals surface area contributed by atoms with Crippen LogP contribution in [0.15, 0.2) is 46.9 Å². The molecule has 0 spiro atoms. The summed E-state index contributed by atoms with van der Waals surface area (Å²) in [5.74, 6) is -0.633. The van der Waals surface area contributed by atoms with Crippen LogP contribution in [0.4, 0.5) is 4.39 Å². The van der Waals surface area contributed by atoms with Crippen molar-refractivity contribution in [1.82, 2.24) is 10.5 Å². The molecular weight excluding hydrogens is 263 g/mol. The van der Waals surface area contributed by atoms with Crippen molar-refractivity contribution in [2.24, 2.45) is 0 Å². The SMILES string of the molecule is O=C(NO)c1ccc2oc(-c3ccc(F)cc3)nc2c1. The number of nitrogens with one attached hydrogen (secondary N) is 1. The fourth-order valence-corrected chi connectivity index (χ4v) is 1.85. The predicted octanol–water partition coefficient (Wildman–Crippen LogP) is 2.75. The molecule has 5 nitrogen and oxygen atoms in total. The average molecular weight is 272 g/mol. The van der Waals surface area contributed by atoms with Gasteiger partial charge in [0.1, 0.15) is 11.3 Å². The van der Waals surface area contributed by atoms with Gasteiger partial charge in [-0.2, -0.15) is 0 Å². The van der Waals surface area contributed by atoms with Crippen molar-refractivity contribution < 1.29 is 18.8 Å². The van der Waals surface area contributed by atoms with Gasteiger partial charge in [0.15, 0.2) is 5.58 Å². The largest absolute Gasteiger partial charge is 0.436 e. The third-order valence-electron chi connectivity index (χ3n) is 2.84. The lowest BCUT2D eigenvalue weighted by atomic mass is 10.2. The van der Waals surface area contributed by atoms with Crippen LogP contribution in [0.25, 0.3) is 22.6 Å². The first-order chi connectivity index (χ1) is 9.67. The molecule has 0 saturated heterocycles. The Kier molecular flexibility index (Phi) is 2.92. The summed E-state index contributed by atoms with van der Waals surface area (Å²) in [7, 11) is 0. The quantitative estimate of drug-likeness (QED) is 0.555. The molecule has 20 heavy (non-hydrogen) atoms. The number of rotatable bonds is 2. The zero-order chi connectivity index (χ0) is 14.1. The highest BCUT2D eigenvalue weighted by Crippen LogP contribution is 2.25. The lowest BCUT2D eigenvalue weighted by Crippen LogP contribution is -2.18. The zero-order valence-electron chi connectivity index (χ0n) is 10.1. The van der Waals surface area contributed by atoms with Crippen LogP contribution in [0, 0.1) is 5.82 Å². The van der Waals surface area contributed by atoms with Crippen molar-refractivity contribution >= 4 is 17.0 Å². The minimum atomic E-state index is -0.627. The highest BCUT2D eigenvalue weighted by molar-refractivity contribution is 5.96. The number of hydrogen-bond acceptors (Lipinski definition) is 4. The van der Waals surface area contributed by atoms with Gasteiger partial charge in [-0.15, -0.1) is 0 Å². The first kappa shape index (κ1) is 12.3. The zero-order valence-corrected chi connectivity index (χ0v) is 10.1. The number of nitrogens with zero attached hydrogens (tertiary/aromatic N) is 1. The Hall–Kier alpha value is -2.73. The van der Waals surface area contributed by atoms with Crippen LogP contribution in [-0.4, -0.2) is 16.1 Å². The summed E-state index contributed by atoms with van der Waals surface area (Å²) in [4.78, 5) is 15.5. The lowest BCUT2D eigenvalue weighted by molar-refractivity contribution is 0.0706. The standard InChI is InChI=1S/C14H9FN2O3/c15-10-4-1-8(2-5-10)14-16-11-7-9(13(18)17-19)3-6-12(11)20-14/h1-7,19H,(H,17,18). The molecule has 0 unspecified atom stereocenters. The third kappa shape index (κ3) is 2.12. The van der Waals surface area contributed by atoms with Crippen LogP contribution in [-0.2, 0) is 0 Å².